The lowest BCUT2D eigenvalue weighted by Crippen LogP contribution is -2.38. The third kappa shape index (κ3) is 3.88. The molecule has 24 heavy (non-hydrogen) atoms. The van der Waals surface area contributed by atoms with Gasteiger partial charge in [0, 0.05) is 11.9 Å². The van der Waals surface area contributed by atoms with Gasteiger partial charge in [-0.25, -0.2) is 4.68 Å². The summed E-state index contributed by atoms with van der Waals surface area (Å²) in [5.41, 5.74) is 1.15. The van der Waals surface area contributed by atoms with Crippen molar-refractivity contribution in [3.8, 4) is 18.0 Å². The fourth-order valence-corrected chi connectivity index (χ4v) is 2.33. The number of nitrogens with zero attached hydrogens (tertiary/aromatic N) is 5. The van der Waals surface area contributed by atoms with Gasteiger partial charge in [-0.15, -0.1) is 6.42 Å². The van der Waals surface area contributed by atoms with E-state index in [9.17, 15) is 4.79 Å². The largest absolute Gasteiger partial charge is 0.399 e. The molecule has 0 aliphatic carbocycles. The van der Waals surface area contributed by atoms with Crippen LogP contribution in [0.1, 0.15) is 0 Å². The summed E-state index contributed by atoms with van der Waals surface area (Å²) >= 11 is 10.3. The Morgan fingerprint density at radius 1 is 1.62 bits per heavy atom. The summed E-state index contributed by atoms with van der Waals surface area (Å²) in [6.45, 7) is -0.00615. The molecule has 0 fully saturated rings. The molecule has 0 aliphatic rings. The molecule has 7 nitrogen and oxygen atoms in total. The average molecular weight is 364 g/mol. The molecule has 0 saturated heterocycles. The number of amides is 1. The number of terminal acetylenes is 1. The van der Waals surface area contributed by atoms with Gasteiger partial charge in [-0.2, -0.15) is 17.7 Å². The lowest BCUT2D eigenvalue weighted by atomic mass is 10.3. The first kappa shape index (κ1) is 17.8. The number of anilines is 1. The second kappa shape index (κ2) is 8.38. The standard InChI is InChI=1S/C15H14ClN5O2S/c1-3-7-20(15(22)12(10-24)19-23-2)13-9-21(18-14(13)16)11-5-4-6-17-8-11/h1,4-6,8-9,24H,7,10H2,2H3. The molecule has 2 heterocycles. The summed E-state index contributed by atoms with van der Waals surface area (Å²) in [6, 6.07) is 3.57. The molecule has 0 bridgehead atoms. The van der Waals surface area contributed by atoms with Crippen LogP contribution >= 0.6 is 24.2 Å². The minimum absolute atomic E-state index is 0.00615. The summed E-state index contributed by atoms with van der Waals surface area (Å²) in [6.07, 6.45) is 10.2. The maximum absolute atomic E-state index is 12.6. The van der Waals surface area contributed by atoms with Crippen molar-refractivity contribution in [1.82, 2.24) is 14.8 Å². The van der Waals surface area contributed by atoms with Crippen LogP contribution in [-0.2, 0) is 9.63 Å². The number of aromatic nitrogens is 3. The molecule has 0 atom stereocenters. The van der Waals surface area contributed by atoms with Gasteiger partial charge in [-0.3, -0.25) is 14.7 Å². The summed E-state index contributed by atoms with van der Waals surface area (Å²) in [4.78, 5) is 22.6. The van der Waals surface area contributed by atoms with E-state index in [4.69, 9.17) is 18.0 Å². The molecule has 2 rings (SSSR count). The first-order valence-electron chi connectivity index (χ1n) is 6.74. The van der Waals surface area contributed by atoms with Crippen LogP contribution in [0.4, 0.5) is 5.69 Å². The van der Waals surface area contributed by atoms with Crippen LogP contribution in [0.25, 0.3) is 5.69 Å². The van der Waals surface area contributed by atoms with E-state index in [1.54, 1.807) is 30.7 Å². The van der Waals surface area contributed by atoms with E-state index in [2.05, 4.69) is 38.6 Å². The molecule has 1 amide bonds. The molecule has 0 N–H and O–H groups in total. The molecule has 0 saturated carbocycles. The van der Waals surface area contributed by atoms with Crippen molar-refractivity contribution in [3.05, 3.63) is 35.9 Å². The van der Waals surface area contributed by atoms with Gasteiger partial charge in [0.1, 0.15) is 12.8 Å². The predicted molar refractivity (Wildman–Crippen MR) is 95.9 cm³/mol. The number of halogens is 1. The Bertz CT molecular complexity index is 785. The normalized spacial score (nSPS) is 11.0. The van der Waals surface area contributed by atoms with Gasteiger partial charge in [-0.1, -0.05) is 22.7 Å². The van der Waals surface area contributed by atoms with Crippen LogP contribution in [0.2, 0.25) is 5.15 Å². The van der Waals surface area contributed by atoms with E-state index < -0.39 is 5.91 Å². The molecule has 0 aromatic carbocycles. The number of carbonyl (C=O) groups is 1. The van der Waals surface area contributed by atoms with Gasteiger partial charge in [0.25, 0.3) is 5.91 Å². The maximum Gasteiger partial charge on any atom is 0.277 e. The van der Waals surface area contributed by atoms with Crippen LogP contribution in [0.5, 0.6) is 0 Å². The Morgan fingerprint density at radius 3 is 3.00 bits per heavy atom. The number of thiol groups is 1. The molecule has 124 valence electrons. The number of rotatable bonds is 6. The van der Waals surface area contributed by atoms with Crippen LogP contribution in [0, 0.1) is 12.3 Å². The molecule has 0 aliphatic heterocycles. The van der Waals surface area contributed by atoms with Crippen molar-refractivity contribution in [2.24, 2.45) is 5.16 Å². The third-order valence-electron chi connectivity index (χ3n) is 2.95. The Balaban J connectivity index is 2.42. The van der Waals surface area contributed by atoms with E-state index in [1.165, 1.54) is 16.7 Å². The number of hydrogen-bond donors (Lipinski definition) is 1. The molecule has 0 unspecified atom stereocenters. The highest BCUT2D eigenvalue weighted by molar-refractivity contribution is 7.81. The fraction of sp³-hybridized carbons (Fsp3) is 0.200. The van der Waals surface area contributed by atoms with Crippen LogP contribution in [0.3, 0.4) is 0 Å². The lowest BCUT2D eigenvalue weighted by molar-refractivity contribution is -0.112. The van der Waals surface area contributed by atoms with E-state index in [1.807, 2.05) is 0 Å². The van der Waals surface area contributed by atoms with Crippen LogP contribution in [-0.4, -0.2) is 45.8 Å². The summed E-state index contributed by atoms with van der Waals surface area (Å²) in [5.74, 6) is 2.05. The highest BCUT2D eigenvalue weighted by atomic mass is 35.5. The van der Waals surface area contributed by atoms with Gasteiger partial charge in [0.2, 0.25) is 0 Å². The third-order valence-corrected chi connectivity index (χ3v) is 3.51. The van der Waals surface area contributed by atoms with E-state index in [0.717, 1.165) is 0 Å². The second-order valence-corrected chi connectivity index (χ2v) is 5.11. The summed E-state index contributed by atoms with van der Waals surface area (Å²) < 4.78 is 1.51. The molecule has 9 heteroatoms. The monoisotopic (exact) mass is 363 g/mol. The Kier molecular flexibility index (Phi) is 6.23. The number of oxime groups is 1. The van der Waals surface area contributed by atoms with Crippen molar-refractivity contribution in [2.45, 2.75) is 0 Å². The number of carbonyl (C=O) groups excluding carboxylic acids is 1. The fourth-order valence-electron chi connectivity index (χ4n) is 1.91. The first-order chi connectivity index (χ1) is 11.6. The van der Waals surface area contributed by atoms with Gasteiger partial charge in [-0.05, 0) is 12.1 Å². The van der Waals surface area contributed by atoms with Gasteiger partial charge < -0.3 is 4.84 Å². The first-order valence-corrected chi connectivity index (χ1v) is 7.75. The zero-order valence-corrected chi connectivity index (χ0v) is 14.4. The minimum atomic E-state index is -0.461. The Morgan fingerprint density at radius 2 is 2.42 bits per heavy atom. The molecule has 2 aromatic rings. The van der Waals surface area contributed by atoms with Crippen LogP contribution in [0.15, 0.2) is 35.9 Å². The highest BCUT2D eigenvalue weighted by Crippen LogP contribution is 2.26. The van der Waals surface area contributed by atoms with Crippen molar-refractivity contribution in [2.75, 3.05) is 24.3 Å². The SMILES string of the molecule is C#CCN(C(=O)C(CS)=NOC)c1cn(-c2cccnc2)nc1Cl. The van der Waals surface area contributed by atoms with Crippen LogP contribution < -0.4 is 4.90 Å². The zero-order valence-electron chi connectivity index (χ0n) is 12.8. The quantitative estimate of drug-likeness (QED) is 0.368. The zero-order chi connectivity index (χ0) is 17.5. The molecule has 0 spiro atoms. The average Bonchev–Trinajstić information content (AvgIpc) is 2.99. The number of pyridine rings is 1. The van der Waals surface area contributed by atoms with Gasteiger partial charge in [0.05, 0.1) is 24.6 Å². The minimum Gasteiger partial charge on any atom is -0.399 e. The topological polar surface area (TPSA) is 72.6 Å². The van der Waals surface area contributed by atoms with Crippen molar-refractivity contribution in [1.29, 1.82) is 0 Å². The predicted octanol–water partition coefficient (Wildman–Crippen LogP) is 1.82. The van der Waals surface area contributed by atoms with E-state index in [-0.39, 0.29) is 23.2 Å². The Hall–Kier alpha value is -2.50. The van der Waals surface area contributed by atoms with Crippen molar-refractivity contribution < 1.29 is 9.63 Å². The van der Waals surface area contributed by atoms with Crippen molar-refractivity contribution >= 4 is 41.5 Å². The van der Waals surface area contributed by atoms with E-state index >= 15 is 0 Å². The number of hydrogen-bond acceptors (Lipinski definition) is 6. The molecule has 0 radical (unpaired) electrons. The lowest BCUT2D eigenvalue weighted by Gasteiger charge is -2.18. The smallest absolute Gasteiger partial charge is 0.277 e. The summed E-state index contributed by atoms with van der Waals surface area (Å²) in [5, 5.41) is 7.98. The van der Waals surface area contributed by atoms with Gasteiger partial charge >= 0.3 is 0 Å². The maximum atomic E-state index is 12.6. The molecule has 2 aromatic heterocycles. The second-order valence-electron chi connectivity index (χ2n) is 4.44. The highest BCUT2D eigenvalue weighted by Gasteiger charge is 2.25. The van der Waals surface area contributed by atoms with E-state index in [0.29, 0.717) is 11.4 Å². The Labute approximate surface area is 149 Å². The molecular formula is C15H14ClN5O2S. The summed E-state index contributed by atoms with van der Waals surface area (Å²) in [7, 11) is 1.34. The molecular weight excluding hydrogens is 350 g/mol. The van der Waals surface area contributed by atoms with Crippen molar-refractivity contribution in [3.63, 3.8) is 0 Å². The van der Waals surface area contributed by atoms with Gasteiger partial charge in [0.15, 0.2) is 10.9 Å².